The fourth-order valence-corrected chi connectivity index (χ4v) is 3.56. The smallest absolute Gasteiger partial charge is 0.307 e. The van der Waals surface area contributed by atoms with E-state index in [0.29, 0.717) is 23.0 Å². The van der Waals surface area contributed by atoms with Crippen LogP contribution in [0.15, 0.2) is 35.9 Å². The zero-order valence-electron chi connectivity index (χ0n) is 17.2. The van der Waals surface area contributed by atoms with Crippen molar-refractivity contribution in [3.63, 3.8) is 0 Å². The van der Waals surface area contributed by atoms with Gasteiger partial charge in [-0.2, -0.15) is 0 Å². The lowest BCUT2D eigenvalue weighted by Gasteiger charge is -2.12. The minimum Gasteiger partial charge on any atom is -0.497 e. The number of carboxylic acid groups (broad SMARTS) is 1. The van der Waals surface area contributed by atoms with Crippen LogP contribution >= 0.6 is 0 Å². The maximum atomic E-state index is 11.5. The zero-order valence-corrected chi connectivity index (χ0v) is 17.2. The van der Waals surface area contributed by atoms with E-state index in [1.807, 2.05) is 37.3 Å². The summed E-state index contributed by atoms with van der Waals surface area (Å²) in [5, 5.41) is 9.41. The van der Waals surface area contributed by atoms with Gasteiger partial charge in [-0.15, -0.1) is 0 Å². The van der Waals surface area contributed by atoms with Crippen LogP contribution in [0.25, 0.3) is 17.2 Å². The minimum atomic E-state index is -0.885. The molecule has 152 valence electrons. The van der Waals surface area contributed by atoms with Gasteiger partial charge in [0, 0.05) is 6.07 Å². The number of methoxy groups -OCH3 is 4. The first kappa shape index (κ1) is 20.3. The monoisotopic (exact) mass is 396 g/mol. The van der Waals surface area contributed by atoms with Crippen molar-refractivity contribution in [2.45, 2.75) is 13.3 Å². The lowest BCUT2D eigenvalue weighted by Crippen LogP contribution is -1.98. The molecule has 3 rings (SSSR count). The van der Waals surface area contributed by atoms with Gasteiger partial charge >= 0.3 is 5.97 Å². The van der Waals surface area contributed by atoms with Gasteiger partial charge in [-0.1, -0.05) is 0 Å². The Labute approximate surface area is 170 Å². The SMILES string of the molecule is COc1cc(/C=C2/C(C)=C(CC(=O)O)c3cc(OC)c(OC)cc32)cc(OC)c1. The number of rotatable bonds is 7. The topological polar surface area (TPSA) is 74.2 Å². The van der Waals surface area contributed by atoms with E-state index >= 15 is 0 Å². The lowest BCUT2D eigenvalue weighted by atomic mass is 9.99. The second-order valence-corrected chi connectivity index (χ2v) is 6.63. The second kappa shape index (κ2) is 8.31. The molecule has 6 nitrogen and oxygen atoms in total. The molecule has 0 heterocycles. The van der Waals surface area contributed by atoms with Crippen LogP contribution in [0, 0.1) is 0 Å². The van der Waals surface area contributed by atoms with Gasteiger partial charge in [0.25, 0.3) is 0 Å². The number of carboxylic acids is 1. The normalized spacial score (nSPS) is 14.0. The number of allylic oxidation sites excluding steroid dienone is 2. The van der Waals surface area contributed by atoms with E-state index in [4.69, 9.17) is 18.9 Å². The Balaban J connectivity index is 2.23. The highest BCUT2D eigenvalue weighted by Crippen LogP contribution is 2.47. The van der Waals surface area contributed by atoms with Gasteiger partial charge < -0.3 is 24.1 Å². The number of aliphatic carboxylic acids is 1. The molecule has 0 saturated heterocycles. The van der Waals surface area contributed by atoms with Gasteiger partial charge in [-0.3, -0.25) is 4.79 Å². The molecule has 0 fully saturated rings. The van der Waals surface area contributed by atoms with Gasteiger partial charge in [0.15, 0.2) is 11.5 Å². The molecule has 2 aromatic carbocycles. The number of ether oxygens (including phenoxy) is 4. The minimum absolute atomic E-state index is 0.0763. The van der Waals surface area contributed by atoms with Gasteiger partial charge in [-0.25, -0.2) is 0 Å². The summed E-state index contributed by atoms with van der Waals surface area (Å²) in [6, 6.07) is 9.33. The maximum absolute atomic E-state index is 11.5. The molecule has 0 aliphatic heterocycles. The molecule has 6 heteroatoms. The van der Waals surface area contributed by atoms with Crippen LogP contribution in [0.2, 0.25) is 0 Å². The standard InChI is InChI=1S/C23H24O6/c1-13-17(8-14-6-15(26-2)9-16(7-14)27-3)19-10-21(28-4)22(29-5)11-20(19)18(13)12-23(24)25/h6-11H,12H2,1-5H3,(H,24,25)/b17-8-. The van der Waals surface area contributed by atoms with E-state index < -0.39 is 5.97 Å². The average Bonchev–Trinajstić information content (AvgIpc) is 2.96. The Kier molecular flexibility index (Phi) is 5.82. The number of fused-ring (bicyclic) bond motifs is 1. The van der Waals surface area contributed by atoms with Crippen LogP contribution in [0.1, 0.15) is 30.0 Å². The molecule has 2 aromatic rings. The zero-order chi connectivity index (χ0) is 21.1. The summed E-state index contributed by atoms with van der Waals surface area (Å²) in [6.45, 7) is 1.93. The Morgan fingerprint density at radius 1 is 0.862 bits per heavy atom. The molecule has 1 N–H and O–H groups in total. The van der Waals surface area contributed by atoms with E-state index in [9.17, 15) is 9.90 Å². The third kappa shape index (κ3) is 3.92. The third-order valence-electron chi connectivity index (χ3n) is 5.01. The highest BCUT2D eigenvalue weighted by Gasteiger charge is 2.27. The summed E-state index contributed by atoms with van der Waals surface area (Å²) >= 11 is 0. The van der Waals surface area contributed by atoms with Crippen LogP contribution in [0.4, 0.5) is 0 Å². The van der Waals surface area contributed by atoms with Gasteiger partial charge in [0.1, 0.15) is 11.5 Å². The molecular formula is C23H24O6. The molecule has 0 unspecified atom stereocenters. The molecule has 0 saturated carbocycles. The summed E-state index contributed by atoms with van der Waals surface area (Å²) in [5.74, 6) is 1.61. The molecule has 0 bridgehead atoms. The van der Waals surface area contributed by atoms with Crippen LogP contribution in [-0.4, -0.2) is 39.5 Å². The van der Waals surface area contributed by atoms with Crippen LogP contribution in [0.3, 0.4) is 0 Å². The molecule has 0 aromatic heterocycles. The molecule has 0 atom stereocenters. The maximum Gasteiger partial charge on any atom is 0.307 e. The largest absolute Gasteiger partial charge is 0.497 e. The van der Waals surface area contributed by atoms with Crippen molar-refractivity contribution < 1.29 is 28.8 Å². The van der Waals surface area contributed by atoms with Crippen molar-refractivity contribution >= 4 is 23.2 Å². The van der Waals surface area contributed by atoms with Gasteiger partial charge in [0.05, 0.1) is 34.9 Å². The summed E-state index contributed by atoms with van der Waals surface area (Å²) in [7, 11) is 6.34. The first-order chi connectivity index (χ1) is 13.9. The summed E-state index contributed by atoms with van der Waals surface area (Å²) in [5.41, 5.74) is 5.20. The molecule has 0 radical (unpaired) electrons. The highest BCUT2D eigenvalue weighted by atomic mass is 16.5. The van der Waals surface area contributed by atoms with Crippen molar-refractivity contribution in [2.75, 3.05) is 28.4 Å². The predicted octanol–water partition coefficient (Wildman–Crippen LogP) is 4.52. The quantitative estimate of drug-likeness (QED) is 0.742. The average molecular weight is 396 g/mol. The summed E-state index contributed by atoms with van der Waals surface area (Å²) in [4.78, 5) is 11.5. The van der Waals surface area contributed by atoms with Crippen molar-refractivity contribution in [1.82, 2.24) is 0 Å². The lowest BCUT2D eigenvalue weighted by molar-refractivity contribution is -0.135. The van der Waals surface area contributed by atoms with E-state index in [1.54, 1.807) is 34.5 Å². The number of benzene rings is 2. The second-order valence-electron chi connectivity index (χ2n) is 6.63. The number of carbonyl (C=O) groups is 1. The van der Waals surface area contributed by atoms with E-state index in [0.717, 1.165) is 33.4 Å². The first-order valence-corrected chi connectivity index (χ1v) is 9.05. The Hall–Kier alpha value is -3.41. The molecule has 0 amide bonds. The van der Waals surface area contributed by atoms with Crippen LogP contribution < -0.4 is 18.9 Å². The fraction of sp³-hybridized carbons (Fsp3) is 0.261. The Morgan fingerprint density at radius 3 is 1.90 bits per heavy atom. The highest BCUT2D eigenvalue weighted by molar-refractivity contribution is 6.08. The molecule has 1 aliphatic carbocycles. The van der Waals surface area contributed by atoms with Gasteiger partial charge in [-0.05, 0) is 70.7 Å². The Bertz CT molecular complexity index is 994. The molecule has 29 heavy (non-hydrogen) atoms. The van der Waals surface area contributed by atoms with Crippen molar-refractivity contribution in [3.8, 4) is 23.0 Å². The fourth-order valence-electron chi connectivity index (χ4n) is 3.56. The van der Waals surface area contributed by atoms with E-state index in [2.05, 4.69) is 0 Å². The van der Waals surface area contributed by atoms with Crippen molar-refractivity contribution in [2.24, 2.45) is 0 Å². The van der Waals surface area contributed by atoms with Gasteiger partial charge in [0.2, 0.25) is 0 Å². The van der Waals surface area contributed by atoms with Crippen LogP contribution in [-0.2, 0) is 4.79 Å². The number of hydrogen-bond donors (Lipinski definition) is 1. The van der Waals surface area contributed by atoms with E-state index in [-0.39, 0.29) is 6.42 Å². The predicted molar refractivity (Wildman–Crippen MR) is 112 cm³/mol. The Morgan fingerprint density at radius 2 is 1.41 bits per heavy atom. The summed E-state index contributed by atoms with van der Waals surface area (Å²) < 4.78 is 21.6. The summed E-state index contributed by atoms with van der Waals surface area (Å²) in [6.07, 6.45) is 1.92. The van der Waals surface area contributed by atoms with Crippen molar-refractivity contribution in [1.29, 1.82) is 0 Å². The molecule has 0 spiro atoms. The number of hydrogen-bond acceptors (Lipinski definition) is 5. The molecular weight excluding hydrogens is 372 g/mol. The van der Waals surface area contributed by atoms with Crippen molar-refractivity contribution in [3.05, 3.63) is 52.6 Å². The van der Waals surface area contributed by atoms with E-state index in [1.165, 1.54) is 0 Å². The third-order valence-corrected chi connectivity index (χ3v) is 5.01. The molecule has 1 aliphatic rings. The first-order valence-electron chi connectivity index (χ1n) is 9.05. The van der Waals surface area contributed by atoms with Crippen LogP contribution in [0.5, 0.6) is 23.0 Å².